The van der Waals surface area contributed by atoms with Gasteiger partial charge in [-0.1, -0.05) is 29.8 Å². The average molecular weight is 309 g/mol. The standard InChI is InChI=1S/C18H27ClN2/c19-18-8-4-3-7-16(18)15-20-13-9-17(10-14-20)21-11-5-1-2-6-12-21/h3-4,7-8,17H,1-2,5-6,9-15H2/p+2. The van der Waals surface area contributed by atoms with Crippen LogP contribution in [0.25, 0.3) is 0 Å². The zero-order valence-electron chi connectivity index (χ0n) is 13.0. The molecule has 2 saturated heterocycles. The lowest BCUT2D eigenvalue weighted by atomic mass is 10.0. The van der Waals surface area contributed by atoms with Crippen LogP contribution in [0.5, 0.6) is 0 Å². The minimum absolute atomic E-state index is 0.929. The summed E-state index contributed by atoms with van der Waals surface area (Å²) >= 11 is 6.29. The first kappa shape index (κ1) is 15.3. The summed E-state index contributed by atoms with van der Waals surface area (Å²) in [6.45, 7) is 6.58. The first-order valence-corrected chi connectivity index (χ1v) is 9.12. The molecule has 0 bridgehead atoms. The highest BCUT2D eigenvalue weighted by Gasteiger charge is 2.30. The Morgan fingerprint density at radius 1 is 0.905 bits per heavy atom. The number of quaternary nitrogens is 2. The van der Waals surface area contributed by atoms with Gasteiger partial charge >= 0.3 is 0 Å². The van der Waals surface area contributed by atoms with Crippen LogP contribution in [0.4, 0.5) is 0 Å². The molecule has 0 unspecified atom stereocenters. The lowest BCUT2D eigenvalue weighted by Crippen LogP contribution is -3.20. The van der Waals surface area contributed by atoms with E-state index in [0.29, 0.717) is 0 Å². The third-order valence-corrected chi connectivity index (χ3v) is 5.78. The number of likely N-dealkylation sites (tertiary alicyclic amines) is 2. The molecular weight excluding hydrogens is 280 g/mol. The van der Waals surface area contributed by atoms with Gasteiger partial charge in [0.05, 0.1) is 32.2 Å². The fourth-order valence-electron chi connectivity index (χ4n) is 4.11. The molecule has 0 saturated carbocycles. The molecule has 1 aromatic rings. The van der Waals surface area contributed by atoms with E-state index in [0.717, 1.165) is 17.6 Å². The molecule has 0 spiro atoms. The van der Waals surface area contributed by atoms with Crippen molar-refractivity contribution in [2.24, 2.45) is 0 Å². The second kappa shape index (κ2) is 7.62. The van der Waals surface area contributed by atoms with Gasteiger partial charge < -0.3 is 9.80 Å². The molecule has 0 atom stereocenters. The van der Waals surface area contributed by atoms with Gasteiger partial charge in [0.1, 0.15) is 6.54 Å². The Balaban J connectivity index is 1.49. The van der Waals surface area contributed by atoms with Crippen molar-refractivity contribution in [1.29, 1.82) is 0 Å². The zero-order chi connectivity index (χ0) is 14.5. The Kier molecular flexibility index (Phi) is 5.56. The molecule has 0 aromatic heterocycles. The van der Waals surface area contributed by atoms with Crippen molar-refractivity contribution in [1.82, 2.24) is 0 Å². The Hall–Kier alpha value is -0.570. The van der Waals surface area contributed by atoms with Gasteiger partial charge in [-0.25, -0.2) is 0 Å². The minimum Gasteiger partial charge on any atom is -0.332 e. The molecule has 2 aliphatic rings. The average Bonchev–Trinajstić information content (AvgIpc) is 2.80. The molecule has 116 valence electrons. The van der Waals surface area contributed by atoms with Gasteiger partial charge in [-0.3, -0.25) is 0 Å². The highest BCUT2D eigenvalue weighted by molar-refractivity contribution is 6.31. The van der Waals surface area contributed by atoms with Crippen LogP contribution in [-0.2, 0) is 6.54 Å². The normalized spacial score (nSPS) is 28.2. The fourth-order valence-corrected chi connectivity index (χ4v) is 4.32. The van der Waals surface area contributed by atoms with E-state index >= 15 is 0 Å². The van der Waals surface area contributed by atoms with Gasteiger partial charge in [0, 0.05) is 23.4 Å². The van der Waals surface area contributed by atoms with Gasteiger partial charge in [0.2, 0.25) is 0 Å². The summed E-state index contributed by atoms with van der Waals surface area (Å²) in [5, 5.41) is 0.935. The quantitative estimate of drug-likeness (QED) is 0.834. The lowest BCUT2D eigenvalue weighted by molar-refractivity contribution is -0.963. The maximum atomic E-state index is 6.29. The van der Waals surface area contributed by atoms with Crippen molar-refractivity contribution >= 4 is 11.6 Å². The molecule has 0 aliphatic carbocycles. The molecule has 2 N–H and O–H groups in total. The summed E-state index contributed by atoms with van der Waals surface area (Å²) in [5.74, 6) is 0. The Labute approximate surface area is 134 Å². The number of piperidine rings is 1. The highest BCUT2D eigenvalue weighted by atomic mass is 35.5. The van der Waals surface area contributed by atoms with Crippen molar-refractivity contribution in [3.63, 3.8) is 0 Å². The Morgan fingerprint density at radius 3 is 2.24 bits per heavy atom. The fraction of sp³-hybridized carbons (Fsp3) is 0.667. The second-order valence-corrected chi connectivity index (χ2v) is 7.27. The Bertz CT molecular complexity index is 433. The lowest BCUT2D eigenvalue weighted by Gasteiger charge is -2.34. The summed E-state index contributed by atoms with van der Waals surface area (Å²) in [6, 6.07) is 9.26. The Morgan fingerprint density at radius 2 is 1.57 bits per heavy atom. The molecular formula is C18H29ClN2+2. The number of hydrogen-bond acceptors (Lipinski definition) is 0. The molecule has 2 heterocycles. The van der Waals surface area contributed by atoms with Crippen molar-refractivity contribution in [2.75, 3.05) is 26.2 Å². The number of nitrogens with one attached hydrogen (secondary N) is 2. The first-order valence-electron chi connectivity index (χ1n) is 8.74. The predicted octanol–water partition coefficient (Wildman–Crippen LogP) is 1.35. The maximum Gasteiger partial charge on any atom is 0.104 e. The smallest absolute Gasteiger partial charge is 0.104 e. The SMILES string of the molecule is Clc1ccccc1C[NH+]1CCC([NH+]2CCCCCC2)CC1. The third kappa shape index (κ3) is 4.21. The summed E-state index contributed by atoms with van der Waals surface area (Å²) in [4.78, 5) is 3.62. The summed E-state index contributed by atoms with van der Waals surface area (Å²) < 4.78 is 0. The van der Waals surface area contributed by atoms with E-state index in [9.17, 15) is 0 Å². The van der Waals surface area contributed by atoms with E-state index in [1.54, 1.807) is 4.90 Å². The van der Waals surface area contributed by atoms with Crippen LogP contribution in [0.1, 0.15) is 44.1 Å². The molecule has 2 aliphatic heterocycles. The van der Waals surface area contributed by atoms with Crippen LogP contribution in [0.2, 0.25) is 5.02 Å². The van der Waals surface area contributed by atoms with E-state index in [-0.39, 0.29) is 0 Å². The van der Waals surface area contributed by atoms with E-state index in [2.05, 4.69) is 12.1 Å². The van der Waals surface area contributed by atoms with Gasteiger partial charge in [-0.2, -0.15) is 0 Å². The van der Waals surface area contributed by atoms with Crippen LogP contribution in [0, 0.1) is 0 Å². The first-order chi connectivity index (χ1) is 10.3. The van der Waals surface area contributed by atoms with Crippen molar-refractivity contribution in [3.05, 3.63) is 34.9 Å². The third-order valence-electron chi connectivity index (χ3n) is 5.41. The van der Waals surface area contributed by atoms with Crippen LogP contribution >= 0.6 is 11.6 Å². The maximum absolute atomic E-state index is 6.29. The largest absolute Gasteiger partial charge is 0.332 e. The van der Waals surface area contributed by atoms with Gasteiger partial charge in [-0.15, -0.1) is 0 Å². The number of hydrogen-bond donors (Lipinski definition) is 2. The molecule has 3 heteroatoms. The molecule has 0 amide bonds. The molecule has 21 heavy (non-hydrogen) atoms. The van der Waals surface area contributed by atoms with Crippen LogP contribution in [0.3, 0.4) is 0 Å². The van der Waals surface area contributed by atoms with Crippen molar-refractivity contribution in [2.45, 2.75) is 51.1 Å². The van der Waals surface area contributed by atoms with E-state index < -0.39 is 0 Å². The van der Waals surface area contributed by atoms with E-state index in [1.165, 1.54) is 70.3 Å². The van der Waals surface area contributed by atoms with E-state index in [4.69, 9.17) is 11.6 Å². The summed E-state index contributed by atoms with van der Waals surface area (Å²) in [5.41, 5.74) is 1.31. The predicted molar refractivity (Wildman–Crippen MR) is 88.0 cm³/mol. The van der Waals surface area contributed by atoms with Crippen LogP contribution in [0.15, 0.2) is 24.3 Å². The number of benzene rings is 1. The van der Waals surface area contributed by atoms with Crippen molar-refractivity contribution < 1.29 is 9.80 Å². The molecule has 3 rings (SSSR count). The van der Waals surface area contributed by atoms with Gasteiger partial charge in [-0.05, 0) is 31.7 Å². The highest BCUT2D eigenvalue weighted by Crippen LogP contribution is 2.13. The summed E-state index contributed by atoms with van der Waals surface area (Å²) in [7, 11) is 0. The minimum atomic E-state index is 0.929. The van der Waals surface area contributed by atoms with E-state index in [1.807, 2.05) is 17.0 Å². The topological polar surface area (TPSA) is 8.88 Å². The number of halogens is 1. The molecule has 0 radical (unpaired) electrons. The van der Waals surface area contributed by atoms with Crippen LogP contribution < -0.4 is 9.80 Å². The molecule has 2 fully saturated rings. The van der Waals surface area contributed by atoms with Crippen molar-refractivity contribution in [3.8, 4) is 0 Å². The monoisotopic (exact) mass is 308 g/mol. The number of rotatable bonds is 3. The zero-order valence-corrected chi connectivity index (χ0v) is 13.8. The second-order valence-electron chi connectivity index (χ2n) is 6.86. The van der Waals surface area contributed by atoms with Gasteiger partial charge in [0.25, 0.3) is 0 Å². The van der Waals surface area contributed by atoms with Gasteiger partial charge in [0.15, 0.2) is 0 Å². The summed E-state index contributed by atoms with van der Waals surface area (Å²) in [6.07, 6.45) is 8.61. The molecule has 2 nitrogen and oxygen atoms in total. The van der Waals surface area contributed by atoms with Crippen LogP contribution in [-0.4, -0.2) is 32.2 Å². The molecule has 1 aromatic carbocycles.